The van der Waals surface area contributed by atoms with E-state index in [0.717, 1.165) is 4.48 Å². The molecule has 0 aromatic heterocycles. The van der Waals surface area contributed by atoms with Crippen LogP contribution in [0.25, 0.3) is 0 Å². The van der Waals surface area contributed by atoms with E-state index >= 15 is 0 Å². The topological polar surface area (TPSA) is 0 Å². The molecule has 0 radical (unpaired) electrons. The van der Waals surface area contributed by atoms with Crippen LogP contribution in [0.5, 0.6) is 0 Å². The molecule has 0 saturated carbocycles. The van der Waals surface area contributed by atoms with Crippen molar-refractivity contribution in [3.05, 3.63) is 0 Å². The van der Waals surface area contributed by atoms with E-state index in [9.17, 15) is 0 Å². The first kappa shape index (κ1) is 29.0. The summed E-state index contributed by atoms with van der Waals surface area (Å²) in [6.07, 6.45) is 20.4. The number of nitrogens with zero attached hydrogens (tertiary/aromatic N) is 1. The number of hydrogen-bond donors (Lipinski definition) is 0. The van der Waals surface area contributed by atoms with E-state index in [1.54, 1.807) is 0 Å². The van der Waals surface area contributed by atoms with Crippen molar-refractivity contribution >= 4 is 44.4 Å². The molecule has 0 aliphatic rings. The molecular formula is C19H42BrCl3FeN. The van der Waals surface area contributed by atoms with Gasteiger partial charge >= 0.3 is 52.7 Å². The zero-order valence-electron chi connectivity index (χ0n) is 16.9. The number of quaternary nitrogens is 1. The molecule has 0 heterocycles. The van der Waals surface area contributed by atoms with Crippen molar-refractivity contribution in [2.75, 3.05) is 27.7 Å². The monoisotopic (exact) mass is 524 g/mol. The fourth-order valence-corrected chi connectivity index (χ4v) is 2.78. The molecule has 0 unspecified atom stereocenters. The first-order chi connectivity index (χ1) is 11.6. The number of rotatable bonds is 15. The van der Waals surface area contributed by atoms with Crippen molar-refractivity contribution < 1.29 is 12.8 Å². The van der Waals surface area contributed by atoms with Gasteiger partial charge in [-0.1, -0.05) is 84.0 Å². The van der Waals surface area contributed by atoms with Gasteiger partial charge in [0, 0.05) is 0 Å². The van der Waals surface area contributed by atoms with Gasteiger partial charge in [0.05, 0.1) is 27.7 Å². The predicted octanol–water partition coefficient (Wildman–Crippen LogP) is 9.09. The number of hydrogen-bond acceptors (Lipinski definition) is 0. The second-order valence-electron chi connectivity index (χ2n) is 7.91. The minimum atomic E-state index is -2.27. The Labute approximate surface area is 180 Å². The van der Waals surface area contributed by atoms with Crippen molar-refractivity contribution in [3.63, 3.8) is 0 Å². The molecule has 0 aromatic carbocycles. The van der Waals surface area contributed by atoms with E-state index in [-0.39, 0.29) is 0 Å². The maximum absolute atomic E-state index is 5.10. The summed E-state index contributed by atoms with van der Waals surface area (Å²) in [6, 6.07) is 0. The van der Waals surface area contributed by atoms with Crippen molar-refractivity contribution in [1.29, 1.82) is 0 Å². The van der Waals surface area contributed by atoms with E-state index in [2.05, 4.69) is 42.2 Å². The van der Waals surface area contributed by atoms with Gasteiger partial charge < -0.3 is 4.48 Å². The molecule has 0 saturated heterocycles. The van der Waals surface area contributed by atoms with Crippen LogP contribution in [0.15, 0.2) is 0 Å². The molecule has 0 aromatic rings. The van der Waals surface area contributed by atoms with E-state index in [1.807, 2.05) is 0 Å². The van der Waals surface area contributed by atoms with Crippen molar-refractivity contribution in [2.45, 2.75) is 96.8 Å². The van der Waals surface area contributed by atoms with Crippen LogP contribution in [0.4, 0.5) is 0 Å². The number of halogens is 4. The van der Waals surface area contributed by atoms with Crippen LogP contribution < -0.4 is 0 Å². The second kappa shape index (κ2) is 19.2. The average Bonchev–Trinajstić information content (AvgIpc) is 2.45. The van der Waals surface area contributed by atoms with Gasteiger partial charge in [0.15, 0.2) is 0 Å². The molecule has 159 valence electrons. The number of unbranched alkanes of at least 4 members (excludes halogenated alkanes) is 13. The predicted molar refractivity (Wildman–Crippen MR) is 120 cm³/mol. The van der Waals surface area contributed by atoms with Gasteiger partial charge in [0.1, 0.15) is 0 Å². The van der Waals surface area contributed by atoms with Gasteiger partial charge in [-0.15, -0.1) is 0 Å². The molecule has 0 fully saturated rings. The summed E-state index contributed by atoms with van der Waals surface area (Å²) in [4.78, 5) is 0. The molecule has 0 N–H and O–H groups in total. The van der Waals surface area contributed by atoms with Gasteiger partial charge in [-0.25, -0.2) is 0 Å². The molecule has 25 heavy (non-hydrogen) atoms. The zero-order chi connectivity index (χ0) is 19.6. The average molecular weight is 527 g/mol. The van der Waals surface area contributed by atoms with E-state index in [4.69, 9.17) is 30.3 Å². The van der Waals surface area contributed by atoms with E-state index in [0.29, 0.717) is 0 Å². The summed E-state index contributed by atoms with van der Waals surface area (Å²) in [5.74, 6) is 0. The normalized spacial score (nSPS) is 12.6. The van der Waals surface area contributed by atoms with Crippen LogP contribution in [0.2, 0.25) is 0 Å². The van der Waals surface area contributed by atoms with E-state index < -0.39 is 8.30 Å². The van der Waals surface area contributed by atoms with Crippen LogP contribution in [0.1, 0.15) is 96.8 Å². The van der Waals surface area contributed by atoms with Crippen molar-refractivity contribution in [2.24, 2.45) is 0 Å². The Balaban J connectivity index is 0. The van der Waals surface area contributed by atoms with Gasteiger partial charge in [0.2, 0.25) is 0 Å². The second-order valence-corrected chi connectivity index (χ2v) is 23.0. The van der Waals surface area contributed by atoms with Gasteiger partial charge in [-0.2, -0.15) is 0 Å². The summed E-state index contributed by atoms with van der Waals surface area (Å²) in [5.41, 5.74) is 0. The molecular weight excluding hydrogens is 484 g/mol. The Morgan fingerprint density at radius 3 is 1.08 bits per heavy atom. The van der Waals surface area contributed by atoms with Gasteiger partial charge in [-0.3, -0.25) is 0 Å². The van der Waals surface area contributed by atoms with Crippen molar-refractivity contribution in [3.8, 4) is 0 Å². The van der Waals surface area contributed by atoms with Crippen LogP contribution in [-0.2, 0) is 8.30 Å². The third-order valence-electron chi connectivity index (χ3n) is 4.18. The Morgan fingerprint density at radius 1 is 0.600 bits per heavy atom. The summed E-state index contributed by atoms with van der Waals surface area (Å²) in [5, 5.41) is 0. The molecule has 0 aliphatic heterocycles. The van der Waals surface area contributed by atoms with Crippen LogP contribution in [0.3, 0.4) is 0 Å². The van der Waals surface area contributed by atoms with Crippen LogP contribution in [0, 0.1) is 0 Å². The molecule has 0 spiro atoms. The molecule has 0 atom stereocenters. The van der Waals surface area contributed by atoms with Crippen LogP contribution in [-0.4, -0.2) is 32.2 Å². The fraction of sp³-hybridized carbons (Fsp3) is 1.00. The summed E-state index contributed by atoms with van der Waals surface area (Å²) >= 11 is 2.80. The van der Waals surface area contributed by atoms with Crippen molar-refractivity contribution in [1.82, 2.24) is 0 Å². The van der Waals surface area contributed by atoms with Crippen LogP contribution >= 0.6 is 44.4 Å². The molecule has 6 heteroatoms. The first-order valence-electron chi connectivity index (χ1n) is 9.90. The molecule has 0 rings (SSSR count). The molecule has 1 nitrogen and oxygen atoms in total. The summed E-state index contributed by atoms with van der Waals surface area (Å²) in [6.45, 7) is 3.63. The zero-order valence-corrected chi connectivity index (χ0v) is 21.9. The maximum atomic E-state index is 5.10. The SMILES string of the molecule is CCCCCCCCCCCCCCCC[N+](C)(C)C.[Cl][Fe-]([Cl])([Cl])[Br]. The fourth-order valence-electron chi connectivity index (χ4n) is 2.78. The standard InChI is InChI=1S/C19H42N.BrH.3ClH.Fe/c1-5-6-7-8-9-10-11-12-13-14-15-16-17-18-19-20(2,3)4;;;;;/h5-19H2,1-4H3;4*1H;/q+1;;;;;+3/p-4. The molecule has 0 bridgehead atoms. The summed E-state index contributed by atoms with van der Waals surface area (Å²) in [7, 11) is 19.9. The first-order valence-corrected chi connectivity index (χ1v) is 17.2. The van der Waals surface area contributed by atoms with E-state index in [1.165, 1.54) is 96.4 Å². The Bertz CT molecular complexity index is 262. The Kier molecular flexibility index (Phi) is 22.3. The summed E-state index contributed by atoms with van der Waals surface area (Å²) < 4.78 is 1.12. The third-order valence-corrected chi connectivity index (χ3v) is 4.18. The molecule has 0 amide bonds. The Hall–Kier alpha value is 1.83. The third kappa shape index (κ3) is 41.4. The van der Waals surface area contributed by atoms with Gasteiger partial charge in [-0.05, 0) is 12.8 Å². The Morgan fingerprint density at radius 2 is 0.840 bits per heavy atom. The van der Waals surface area contributed by atoms with Gasteiger partial charge in [0.25, 0.3) is 0 Å². The quantitative estimate of drug-likeness (QED) is 0.113. The molecule has 0 aliphatic carbocycles. The minimum absolute atomic E-state index is 1.12.